The quantitative estimate of drug-likeness (QED) is 0.906. The predicted molar refractivity (Wildman–Crippen MR) is 87.2 cm³/mol. The van der Waals surface area contributed by atoms with E-state index in [1.54, 1.807) is 11.9 Å². The topological polar surface area (TPSA) is 32.3 Å². The number of nitrogens with zero attached hydrogens (tertiary/aromatic N) is 1. The second-order valence-corrected chi connectivity index (χ2v) is 5.63. The minimum absolute atomic E-state index is 0.147. The number of aryl methyl sites for hydroxylation is 1. The van der Waals surface area contributed by atoms with Gasteiger partial charge in [-0.1, -0.05) is 24.3 Å². The van der Waals surface area contributed by atoms with E-state index in [0.717, 1.165) is 23.4 Å². The van der Waals surface area contributed by atoms with Gasteiger partial charge >= 0.3 is 0 Å². The van der Waals surface area contributed by atoms with Crippen molar-refractivity contribution < 1.29 is 13.6 Å². The molecule has 2 rings (SSSR count). The van der Waals surface area contributed by atoms with Crippen LogP contribution < -0.4 is 5.32 Å². The van der Waals surface area contributed by atoms with Gasteiger partial charge in [0.2, 0.25) is 5.91 Å². The Morgan fingerprint density at radius 1 is 1.17 bits per heavy atom. The first-order chi connectivity index (χ1) is 10.9. The summed E-state index contributed by atoms with van der Waals surface area (Å²) in [6, 6.07) is 11.1. The van der Waals surface area contributed by atoms with Crippen molar-refractivity contribution in [3.63, 3.8) is 0 Å². The molecule has 0 heterocycles. The number of carbonyl (C=O) groups is 1. The van der Waals surface area contributed by atoms with E-state index in [2.05, 4.69) is 5.32 Å². The van der Waals surface area contributed by atoms with E-state index in [0.29, 0.717) is 5.56 Å². The molecule has 2 aromatic rings. The highest BCUT2D eigenvalue weighted by molar-refractivity contribution is 5.92. The van der Waals surface area contributed by atoms with Gasteiger partial charge < -0.3 is 5.32 Å². The molecule has 0 saturated heterocycles. The number of carbonyl (C=O) groups excluding carboxylic acids is 1. The van der Waals surface area contributed by atoms with Crippen LogP contribution in [0.4, 0.5) is 14.5 Å². The number of benzene rings is 2. The fraction of sp³-hybridized carbons (Fsp3) is 0.278. The van der Waals surface area contributed by atoms with Gasteiger partial charge in [0.25, 0.3) is 0 Å². The maximum atomic E-state index is 13.3. The van der Waals surface area contributed by atoms with Crippen LogP contribution in [0.2, 0.25) is 0 Å². The van der Waals surface area contributed by atoms with Crippen LogP contribution in [0.15, 0.2) is 42.5 Å². The molecule has 1 unspecified atom stereocenters. The van der Waals surface area contributed by atoms with Crippen LogP contribution in [-0.4, -0.2) is 24.4 Å². The first kappa shape index (κ1) is 17.1. The molecule has 2 aromatic carbocycles. The molecule has 0 radical (unpaired) electrons. The van der Waals surface area contributed by atoms with Gasteiger partial charge in [0.05, 0.1) is 6.54 Å². The van der Waals surface area contributed by atoms with Crippen LogP contribution in [-0.2, 0) is 4.79 Å². The third-order valence-corrected chi connectivity index (χ3v) is 3.90. The molecule has 1 amide bonds. The third-order valence-electron chi connectivity index (χ3n) is 3.90. The van der Waals surface area contributed by atoms with Crippen molar-refractivity contribution in [2.75, 3.05) is 18.9 Å². The fourth-order valence-electron chi connectivity index (χ4n) is 2.29. The number of halogens is 2. The van der Waals surface area contributed by atoms with Crippen molar-refractivity contribution in [3.8, 4) is 0 Å². The van der Waals surface area contributed by atoms with Crippen LogP contribution in [0.25, 0.3) is 0 Å². The largest absolute Gasteiger partial charge is 0.325 e. The van der Waals surface area contributed by atoms with Gasteiger partial charge in [-0.2, -0.15) is 0 Å². The molecule has 23 heavy (non-hydrogen) atoms. The molecule has 0 aromatic heterocycles. The number of hydrogen-bond acceptors (Lipinski definition) is 2. The molecule has 1 N–H and O–H groups in total. The molecule has 0 saturated carbocycles. The van der Waals surface area contributed by atoms with E-state index >= 15 is 0 Å². The lowest BCUT2D eigenvalue weighted by Gasteiger charge is -2.24. The van der Waals surface area contributed by atoms with E-state index in [1.807, 2.05) is 38.1 Å². The molecular formula is C18H20F2N2O. The Morgan fingerprint density at radius 3 is 2.52 bits per heavy atom. The van der Waals surface area contributed by atoms with Gasteiger partial charge in [0.1, 0.15) is 0 Å². The van der Waals surface area contributed by atoms with Crippen molar-refractivity contribution in [1.82, 2.24) is 4.90 Å². The molecular weight excluding hydrogens is 298 g/mol. The number of hydrogen-bond donors (Lipinski definition) is 1. The number of anilines is 1. The maximum absolute atomic E-state index is 13.3. The summed E-state index contributed by atoms with van der Waals surface area (Å²) >= 11 is 0. The smallest absolute Gasteiger partial charge is 0.238 e. The Morgan fingerprint density at radius 2 is 1.87 bits per heavy atom. The van der Waals surface area contributed by atoms with Crippen molar-refractivity contribution in [2.24, 2.45) is 0 Å². The summed E-state index contributed by atoms with van der Waals surface area (Å²) in [7, 11) is 1.77. The molecule has 0 fully saturated rings. The molecule has 3 nitrogen and oxygen atoms in total. The normalized spacial score (nSPS) is 12.3. The lowest BCUT2D eigenvalue weighted by atomic mass is 10.1. The second-order valence-electron chi connectivity index (χ2n) is 5.63. The Labute approximate surface area is 134 Å². The highest BCUT2D eigenvalue weighted by Gasteiger charge is 2.16. The molecule has 0 bridgehead atoms. The van der Waals surface area contributed by atoms with E-state index in [1.165, 1.54) is 6.07 Å². The van der Waals surface area contributed by atoms with Crippen molar-refractivity contribution in [1.29, 1.82) is 0 Å². The van der Waals surface area contributed by atoms with Gasteiger partial charge in [-0.15, -0.1) is 0 Å². The molecule has 1 atom stereocenters. The summed E-state index contributed by atoms with van der Waals surface area (Å²) in [4.78, 5) is 13.9. The van der Waals surface area contributed by atoms with Crippen molar-refractivity contribution in [3.05, 3.63) is 65.2 Å². The van der Waals surface area contributed by atoms with Gasteiger partial charge in [-0.3, -0.25) is 9.69 Å². The zero-order valence-electron chi connectivity index (χ0n) is 13.4. The van der Waals surface area contributed by atoms with Crippen LogP contribution >= 0.6 is 0 Å². The zero-order chi connectivity index (χ0) is 17.0. The summed E-state index contributed by atoms with van der Waals surface area (Å²) in [6.07, 6.45) is 0. The number of rotatable bonds is 5. The maximum Gasteiger partial charge on any atom is 0.238 e. The Kier molecular flexibility index (Phi) is 5.45. The van der Waals surface area contributed by atoms with E-state index in [9.17, 15) is 13.6 Å². The Hall–Kier alpha value is -2.27. The van der Waals surface area contributed by atoms with Gasteiger partial charge in [-0.25, -0.2) is 8.78 Å². The lowest BCUT2D eigenvalue weighted by molar-refractivity contribution is -0.117. The minimum atomic E-state index is -0.882. The summed E-state index contributed by atoms with van der Waals surface area (Å²) in [6.45, 7) is 3.91. The molecule has 5 heteroatoms. The summed E-state index contributed by atoms with van der Waals surface area (Å²) in [5.41, 5.74) is 2.37. The summed E-state index contributed by atoms with van der Waals surface area (Å²) < 4.78 is 26.3. The van der Waals surface area contributed by atoms with Crippen molar-refractivity contribution in [2.45, 2.75) is 19.9 Å². The number of para-hydroxylation sites is 1. The fourth-order valence-corrected chi connectivity index (χ4v) is 2.29. The van der Waals surface area contributed by atoms with Crippen LogP contribution in [0.3, 0.4) is 0 Å². The number of nitrogens with one attached hydrogen (secondary N) is 1. The first-order valence-corrected chi connectivity index (χ1v) is 7.39. The third kappa shape index (κ3) is 4.36. The standard InChI is InChI=1S/C18H20F2N2O/c1-12-6-4-5-7-17(12)21-18(23)11-22(3)13(2)14-8-9-15(19)16(20)10-14/h4-10,13H,11H2,1-3H3,(H,21,23). The van der Waals surface area contributed by atoms with E-state index in [-0.39, 0.29) is 18.5 Å². The molecule has 0 aliphatic carbocycles. The van der Waals surface area contributed by atoms with E-state index in [4.69, 9.17) is 0 Å². The predicted octanol–water partition coefficient (Wildman–Crippen LogP) is 3.90. The second kappa shape index (κ2) is 7.33. The van der Waals surface area contributed by atoms with Crippen molar-refractivity contribution >= 4 is 11.6 Å². The molecule has 0 aliphatic heterocycles. The summed E-state index contributed by atoms with van der Waals surface area (Å²) in [5, 5.41) is 2.85. The average molecular weight is 318 g/mol. The minimum Gasteiger partial charge on any atom is -0.325 e. The summed E-state index contributed by atoms with van der Waals surface area (Å²) in [5.74, 6) is -1.91. The van der Waals surface area contributed by atoms with Crippen LogP contribution in [0.5, 0.6) is 0 Å². The Bertz CT molecular complexity index is 703. The van der Waals surface area contributed by atoms with Crippen LogP contribution in [0, 0.1) is 18.6 Å². The average Bonchev–Trinajstić information content (AvgIpc) is 2.51. The molecule has 0 spiro atoms. The SMILES string of the molecule is Cc1ccccc1NC(=O)CN(C)C(C)c1ccc(F)c(F)c1. The van der Waals surface area contributed by atoms with Gasteiger partial charge in [0, 0.05) is 11.7 Å². The Balaban J connectivity index is 2.00. The monoisotopic (exact) mass is 318 g/mol. The van der Waals surface area contributed by atoms with Crippen LogP contribution in [0.1, 0.15) is 24.1 Å². The lowest BCUT2D eigenvalue weighted by Crippen LogP contribution is -2.32. The molecule has 0 aliphatic rings. The molecule has 122 valence electrons. The number of amides is 1. The highest BCUT2D eigenvalue weighted by Crippen LogP contribution is 2.21. The van der Waals surface area contributed by atoms with Gasteiger partial charge in [0.15, 0.2) is 11.6 Å². The van der Waals surface area contributed by atoms with E-state index < -0.39 is 11.6 Å². The van der Waals surface area contributed by atoms with Gasteiger partial charge in [-0.05, 0) is 50.2 Å². The number of likely N-dealkylation sites (N-methyl/N-ethyl adjacent to an activating group) is 1. The first-order valence-electron chi connectivity index (χ1n) is 7.39. The zero-order valence-corrected chi connectivity index (χ0v) is 13.4. The highest BCUT2D eigenvalue weighted by atomic mass is 19.2.